The summed E-state index contributed by atoms with van der Waals surface area (Å²) in [4.78, 5) is 17.6. The number of amides is 1. The highest BCUT2D eigenvalue weighted by atomic mass is 32.1. The van der Waals surface area contributed by atoms with Crippen LogP contribution in [0, 0.1) is 0 Å². The molecule has 0 aliphatic carbocycles. The third-order valence-corrected chi connectivity index (χ3v) is 3.86. The van der Waals surface area contributed by atoms with Crippen LogP contribution < -0.4 is 11.1 Å². The zero-order valence-corrected chi connectivity index (χ0v) is 13.4. The van der Waals surface area contributed by atoms with Gasteiger partial charge >= 0.3 is 0 Å². The third-order valence-electron chi connectivity index (χ3n) is 2.97. The summed E-state index contributed by atoms with van der Waals surface area (Å²) in [7, 11) is 0. The van der Waals surface area contributed by atoms with Crippen LogP contribution in [-0.2, 0) is 9.63 Å². The van der Waals surface area contributed by atoms with Crippen LogP contribution >= 0.6 is 11.3 Å². The SMILES string of the molecule is CC(C)c1cccc(NC(=O)CO/N=C(/N)c2cccs2)c1. The Bertz CT molecular complexity index is 651. The molecule has 0 fully saturated rings. The maximum Gasteiger partial charge on any atom is 0.265 e. The van der Waals surface area contributed by atoms with Crippen molar-refractivity contribution in [3.05, 3.63) is 52.2 Å². The fourth-order valence-corrected chi connectivity index (χ4v) is 2.42. The lowest BCUT2D eigenvalue weighted by molar-refractivity contribution is -0.120. The smallest absolute Gasteiger partial charge is 0.265 e. The first-order chi connectivity index (χ1) is 10.6. The molecule has 6 heteroatoms. The highest BCUT2D eigenvalue weighted by Crippen LogP contribution is 2.18. The molecule has 1 aromatic carbocycles. The van der Waals surface area contributed by atoms with E-state index < -0.39 is 0 Å². The van der Waals surface area contributed by atoms with Crippen molar-refractivity contribution < 1.29 is 9.63 Å². The summed E-state index contributed by atoms with van der Waals surface area (Å²) in [6.07, 6.45) is 0. The van der Waals surface area contributed by atoms with Crippen molar-refractivity contribution in [2.75, 3.05) is 11.9 Å². The first-order valence-corrected chi connectivity index (χ1v) is 7.83. The van der Waals surface area contributed by atoms with Crippen LogP contribution in [0.2, 0.25) is 0 Å². The lowest BCUT2D eigenvalue weighted by Gasteiger charge is -2.09. The molecule has 2 aromatic rings. The fraction of sp³-hybridized carbons (Fsp3) is 0.250. The number of anilines is 1. The second-order valence-electron chi connectivity index (χ2n) is 5.06. The predicted molar refractivity (Wildman–Crippen MR) is 90.2 cm³/mol. The lowest BCUT2D eigenvalue weighted by Crippen LogP contribution is -2.19. The Morgan fingerprint density at radius 3 is 2.86 bits per heavy atom. The number of amidine groups is 1. The average molecular weight is 317 g/mol. The zero-order chi connectivity index (χ0) is 15.9. The second kappa shape index (κ2) is 7.61. The number of hydrogen-bond acceptors (Lipinski definition) is 4. The summed E-state index contributed by atoms with van der Waals surface area (Å²) in [5, 5.41) is 8.41. The van der Waals surface area contributed by atoms with Gasteiger partial charge in [-0.1, -0.05) is 37.2 Å². The van der Waals surface area contributed by atoms with E-state index in [2.05, 4.69) is 24.3 Å². The van der Waals surface area contributed by atoms with Crippen molar-refractivity contribution in [2.24, 2.45) is 10.9 Å². The van der Waals surface area contributed by atoms with Gasteiger partial charge in [0.1, 0.15) is 0 Å². The number of thiophene rings is 1. The number of nitrogens with one attached hydrogen (secondary N) is 1. The molecule has 0 spiro atoms. The Kier molecular flexibility index (Phi) is 5.55. The number of carbonyl (C=O) groups is 1. The van der Waals surface area contributed by atoms with Gasteiger partial charge in [-0.3, -0.25) is 4.79 Å². The maximum absolute atomic E-state index is 11.8. The van der Waals surface area contributed by atoms with Gasteiger partial charge in [0, 0.05) is 5.69 Å². The molecular weight excluding hydrogens is 298 g/mol. The molecule has 5 nitrogen and oxygen atoms in total. The summed E-state index contributed by atoms with van der Waals surface area (Å²) >= 11 is 1.46. The Morgan fingerprint density at radius 2 is 2.18 bits per heavy atom. The van der Waals surface area contributed by atoms with E-state index in [-0.39, 0.29) is 18.3 Å². The quantitative estimate of drug-likeness (QED) is 0.488. The van der Waals surface area contributed by atoms with Crippen LogP contribution in [0.25, 0.3) is 0 Å². The zero-order valence-electron chi connectivity index (χ0n) is 12.6. The minimum Gasteiger partial charge on any atom is -0.384 e. The van der Waals surface area contributed by atoms with E-state index in [1.54, 1.807) is 0 Å². The van der Waals surface area contributed by atoms with E-state index in [1.165, 1.54) is 16.9 Å². The van der Waals surface area contributed by atoms with Crippen LogP contribution in [0.15, 0.2) is 46.9 Å². The number of nitrogens with zero attached hydrogens (tertiary/aromatic N) is 1. The molecule has 0 saturated heterocycles. The van der Waals surface area contributed by atoms with Gasteiger partial charge in [-0.2, -0.15) is 0 Å². The summed E-state index contributed by atoms with van der Waals surface area (Å²) in [5.41, 5.74) is 7.65. The molecule has 0 unspecified atom stereocenters. The van der Waals surface area contributed by atoms with Gasteiger partial charge in [-0.15, -0.1) is 11.3 Å². The monoisotopic (exact) mass is 317 g/mol. The van der Waals surface area contributed by atoms with Gasteiger partial charge in [0.15, 0.2) is 12.4 Å². The van der Waals surface area contributed by atoms with Crippen molar-refractivity contribution in [2.45, 2.75) is 19.8 Å². The predicted octanol–water partition coefficient (Wildman–Crippen LogP) is 3.15. The van der Waals surface area contributed by atoms with Crippen molar-refractivity contribution in [1.29, 1.82) is 0 Å². The molecule has 1 aromatic heterocycles. The lowest BCUT2D eigenvalue weighted by atomic mass is 10.0. The van der Waals surface area contributed by atoms with E-state index in [4.69, 9.17) is 10.6 Å². The number of benzene rings is 1. The summed E-state index contributed by atoms with van der Waals surface area (Å²) in [6, 6.07) is 11.4. The van der Waals surface area contributed by atoms with E-state index in [0.717, 1.165) is 10.6 Å². The van der Waals surface area contributed by atoms with Crippen molar-refractivity contribution in [3.8, 4) is 0 Å². The van der Waals surface area contributed by atoms with Crippen LogP contribution in [0.3, 0.4) is 0 Å². The molecule has 3 N–H and O–H groups in total. The highest BCUT2D eigenvalue weighted by Gasteiger charge is 2.06. The van der Waals surface area contributed by atoms with Crippen LogP contribution in [-0.4, -0.2) is 18.3 Å². The number of rotatable bonds is 6. The van der Waals surface area contributed by atoms with Crippen LogP contribution in [0.5, 0.6) is 0 Å². The van der Waals surface area contributed by atoms with Gasteiger partial charge in [-0.25, -0.2) is 0 Å². The normalized spacial score (nSPS) is 11.5. The summed E-state index contributed by atoms with van der Waals surface area (Å²) in [5.74, 6) is 0.400. The molecule has 22 heavy (non-hydrogen) atoms. The first-order valence-electron chi connectivity index (χ1n) is 6.95. The second-order valence-corrected chi connectivity index (χ2v) is 6.00. The van der Waals surface area contributed by atoms with Crippen LogP contribution in [0.4, 0.5) is 5.69 Å². The number of nitrogens with two attached hydrogens (primary N) is 1. The minimum absolute atomic E-state index is 0.183. The Morgan fingerprint density at radius 1 is 1.36 bits per heavy atom. The molecular formula is C16H19N3O2S. The van der Waals surface area contributed by atoms with Crippen molar-refractivity contribution in [1.82, 2.24) is 0 Å². The number of carbonyl (C=O) groups excluding carboxylic acids is 1. The molecule has 0 saturated carbocycles. The van der Waals surface area contributed by atoms with Gasteiger partial charge < -0.3 is 15.9 Å². The van der Waals surface area contributed by atoms with Gasteiger partial charge in [0.2, 0.25) is 0 Å². The molecule has 116 valence electrons. The molecule has 1 amide bonds. The van der Waals surface area contributed by atoms with E-state index >= 15 is 0 Å². The Labute approximate surface area is 133 Å². The maximum atomic E-state index is 11.8. The topological polar surface area (TPSA) is 76.7 Å². The van der Waals surface area contributed by atoms with Crippen LogP contribution in [0.1, 0.15) is 30.2 Å². The third kappa shape index (κ3) is 4.60. The summed E-state index contributed by atoms with van der Waals surface area (Å²) < 4.78 is 0. The molecule has 2 rings (SSSR count). The fourth-order valence-electron chi connectivity index (χ4n) is 1.80. The molecule has 0 radical (unpaired) electrons. The van der Waals surface area contributed by atoms with E-state index in [9.17, 15) is 4.79 Å². The standard InChI is InChI=1S/C16H19N3O2S/c1-11(2)12-5-3-6-13(9-12)18-15(20)10-21-19-16(17)14-7-4-8-22-14/h3-9,11H,10H2,1-2H3,(H2,17,19)(H,18,20). The Hall–Kier alpha value is -2.34. The first kappa shape index (κ1) is 16.0. The van der Waals surface area contributed by atoms with Gasteiger partial charge in [0.05, 0.1) is 4.88 Å². The van der Waals surface area contributed by atoms with E-state index in [0.29, 0.717) is 5.92 Å². The molecule has 1 heterocycles. The Balaban J connectivity index is 1.86. The molecule has 0 aliphatic rings. The minimum atomic E-state index is -0.274. The van der Waals surface area contributed by atoms with Crippen molar-refractivity contribution in [3.63, 3.8) is 0 Å². The summed E-state index contributed by atoms with van der Waals surface area (Å²) in [6.45, 7) is 4.02. The average Bonchev–Trinajstić information content (AvgIpc) is 3.01. The molecule has 0 bridgehead atoms. The molecule has 0 atom stereocenters. The molecule has 0 aliphatic heterocycles. The largest absolute Gasteiger partial charge is 0.384 e. The number of oxime groups is 1. The van der Waals surface area contributed by atoms with Gasteiger partial charge in [-0.05, 0) is 35.1 Å². The van der Waals surface area contributed by atoms with Crippen molar-refractivity contribution >= 4 is 28.8 Å². The van der Waals surface area contributed by atoms with E-state index in [1.807, 2.05) is 41.8 Å². The number of hydrogen-bond donors (Lipinski definition) is 2. The highest BCUT2D eigenvalue weighted by molar-refractivity contribution is 7.12. The van der Waals surface area contributed by atoms with Gasteiger partial charge in [0.25, 0.3) is 5.91 Å².